The van der Waals surface area contributed by atoms with Crippen LogP contribution in [0.4, 0.5) is 39.5 Å². The molecule has 0 N–H and O–H groups in total. The van der Waals surface area contributed by atoms with Gasteiger partial charge in [-0.1, -0.05) is 5.92 Å². The minimum atomic E-state index is -7.14. The van der Waals surface area contributed by atoms with E-state index in [9.17, 15) is 44.3 Å². The number of Topliss-reactive ketones (excluding diaryl/α,β-unsaturated/α-hetero) is 1. The van der Waals surface area contributed by atoms with Gasteiger partial charge in [-0.15, -0.1) is 0 Å². The summed E-state index contributed by atoms with van der Waals surface area (Å²) in [6, 6.07) is 4.72. The van der Waals surface area contributed by atoms with Gasteiger partial charge < -0.3 is 4.74 Å². The molecule has 0 saturated heterocycles. The molecule has 1 aromatic carbocycles. The fraction of sp³-hybridized carbons (Fsp3) is 0.357. The third-order valence-electron chi connectivity index (χ3n) is 2.84. The summed E-state index contributed by atoms with van der Waals surface area (Å²) in [6.07, 6.45) is -7.00. The first-order valence-electron chi connectivity index (χ1n) is 6.09. The van der Waals surface area contributed by atoms with Crippen LogP contribution in [0.2, 0.25) is 0 Å². The van der Waals surface area contributed by atoms with Gasteiger partial charge in [-0.25, -0.2) is 0 Å². The lowest BCUT2D eigenvalue weighted by molar-refractivity contribution is -0.387. The SMILES string of the molecule is COc1ccc(C#CC(=O)C(F)(F)C(F)(F)C(F)(F)C(F)(F)F)cc1. The number of carbonyl (C=O) groups is 1. The third-order valence-corrected chi connectivity index (χ3v) is 2.84. The number of rotatable bonds is 4. The van der Waals surface area contributed by atoms with Crippen LogP contribution in [0.25, 0.3) is 0 Å². The predicted octanol–water partition coefficient (Wildman–Crippen LogP) is 4.08. The van der Waals surface area contributed by atoms with Gasteiger partial charge in [-0.05, 0) is 30.2 Å². The number of carbonyl (C=O) groups excluding carboxylic acids is 1. The van der Waals surface area contributed by atoms with Gasteiger partial charge in [0.2, 0.25) is 0 Å². The minimum absolute atomic E-state index is 0.171. The van der Waals surface area contributed by atoms with Crippen LogP contribution in [0.5, 0.6) is 5.75 Å². The van der Waals surface area contributed by atoms with Gasteiger partial charge in [-0.2, -0.15) is 39.5 Å². The number of alkyl halides is 9. The Kier molecular flexibility index (Phi) is 5.37. The van der Waals surface area contributed by atoms with Gasteiger partial charge in [0.1, 0.15) is 5.75 Å². The van der Waals surface area contributed by atoms with Crippen molar-refractivity contribution in [3.05, 3.63) is 29.8 Å². The van der Waals surface area contributed by atoms with Crippen molar-refractivity contribution in [2.75, 3.05) is 7.11 Å². The molecular formula is C14H7F9O2. The molecule has 11 heteroatoms. The van der Waals surface area contributed by atoms with Crippen LogP contribution in [0.1, 0.15) is 5.56 Å². The maximum Gasteiger partial charge on any atom is 0.460 e. The van der Waals surface area contributed by atoms with E-state index in [4.69, 9.17) is 4.74 Å². The molecule has 0 heterocycles. The number of hydrogen-bond acceptors (Lipinski definition) is 2. The first-order valence-corrected chi connectivity index (χ1v) is 6.09. The second-order valence-corrected chi connectivity index (χ2v) is 4.53. The molecule has 25 heavy (non-hydrogen) atoms. The topological polar surface area (TPSA) is 26.3 Å². The summed E-state index contributed by atoms with van der Waals surface area (Å²) in [5, 5.41) is 0. The predicted molar refractivity (Wildman–Crippen MR) is 65.8 cm³/mol. The molecule has 0 bridgehead atoms. The van der Waals surface area contributed by atoms with Crippen molar-refractivity contribution in [1.29, 1.82) is 0 Å². The highest BCUT2D eigenvalue weighted by Crippen LogP contribution is 2.53. The number of ether oxygens (including phenoxy) is 1. The van der Waals surface area contributed by atoms with E-state index in [0.717, 1.165) is 18.1 Å². The first kappa shape index (κ1) is 20.7. The number of halogens is 9. The van der Waals surface area contributed by atoms with Crippen LogP contribution >= 0.6 is 0 Å². The summed E-state index contributed by atoms with van der Waals surface area (Å²) in [6.45, 7) is 0. The van der Waals surface area contributed by atoms with Crippen molar-refractivity contribution in [2.45, 2.75) is 23.9 Å². The standard InChI is InChI=1S/C14H7F9O2/c1-25-9-5-2-8(3-6-9)4-7-10(24)11(15,16)12(17,18)13(19,20)14(21,22)23/h2-3,5-6H,1H3. The lowest BCUT2D eigenvalue weighted by Crippen LogP contribution is -2.63. The second-order valence-electron chi connectivity index (χ2n) is 4.53. The zero-order chi connectivity index (χ0) is 19.7. The van der Waals surface area contributed by atoms with Crippen molar-refractivity contribution >= 4 is 5.78 Å². The van der Waals surface area contributed by atoms with E-state index >= 15 is 0 Å². The summed E-state index contributed by atoms with van der Waals surface area (Å²) in [7, 11) is 1.29. The van der Waals surface area contributed by atoms with Crippen molar-refractivity contribution in [2.24, 2.45) is 0 Å². The molecule has 0 saturated carbocycles. The Hall–Kier alpha value is -2.38. The van der Waals surface area contributed by atoms with Gasteiger partial charge in [0.25, 0.3) is 5.78 Å². The lowest BCUT2D eigenvalue weighted by Gasteiger charge is -2.31. The van der Waals surface area contributed by atoms with Gasteiger partial charge in [0.05, 0.1) is 7.11 Å². The van der Waals surface area contributed by atoms with Gasteiger partial charge >= 0.3 is 23.9 Å². The molecule has 0 unspecified atom stereocenters. The van der Waals surface area contributed by atoms with Gasteiger partial charge in [0, 0.05) is 5.56 Å². The van der Waals surface area contributed by atoms with Gasteiger partial charge in [0.15, 0.2) is 0 Å². The Morgan fingerprint density at radius 2 is 1.36 bits per heavy atom. The van der Waals surface area contributed by atoms with E-state index < -0.39 is 29.7 Å². The fourth-order valence-corrected chi connectivity index (χ4v) is 1.40. The van der Waals surface area contributed by atoms with Crippen LogP contribution in [0, 0.1) is 11.8 Å². The fourth-order valence-electron chi connectivity index (χ4n) is 1.40. The normalized spacial score (nSPS) is 13.0. The Balaban J connectivity index is 3.16. The molecular weight excluding hydrogens is 371 g/mol. The highest BCUT2D eigenvalue weighted by atomic mass is 19.4. The molecule has 0 aliphatic rings. The number of benzene rings is 1. The van der Waals surface area contributed by atoms with Crippen molar-refractivity contribution in [3.63, 3.8) is 0 Å². The van der Waals surface area contributed by atoms with E-state index in [2.05, 4.69) is 0 Å². The lowest BCUT2D eigenvalue weighted by atomic mass is 10.00. The highest BCUT2D eigenvalue weighted by molar-refractivity contribution is 6.02. The Labute approximate surface area is 134 Å². The largest absolute Gasteiger partial charge is 0.497 e. The number of ketones is 1. The van der Waals surface area contributed by atoms with Crippen molar-refractivity contribution in [1.82, 2.24) is 0 Å². The molecule has 1 aromatic rings. The maximum absolute atomic E-state index is 13.2. The average molecular weight is 378 g/mol. The van der Waals surface area contributed by atoms with Gasteiger partial charge in [-0.3, -0.25) is 4.79 Å². The summed E-state index contributed by atoms with van der Waals surface area (Å²) in [4.78, 5) is 11.1. The van der Waals surface area contributed by atoms with Crippen LogP contribution < -0.4 is 4.74 Å². The third kappa shape index (κ3) is 3.67. The molecule has 0 aromatic heterocycles. The molecule has 0 fully saturated rings. The monoisotopic (exact) mass is 378 g/mol. The molecule has 0 amide bonds. The summed E-state index contributed by atoms with van der Waals surface area (Å²) < 4.78 is 118. The van der Waals surface area contributed by atoms with E-state index in [0.29, 0.717) is 5.75 Å². The van der Waals surface area contributed by atoms with Crippen molar-refractivity contribution < 1.29 is 49.0 Å². The van der Waals surface area contributed by atoms with E-state index in [1.807, 2.05) is 0 Å². The number of hydrogen-bond donors (Lipinski definition) is 0. The summed E-state index contributed by atoms with van der Waals surface area (Å²) in [5.41, 5.74) is -0.171. The van der Waals surface area contributed by atoms with Crippen LogP contribution in [-0.2, 0) is 4.79 Å². The minimum Gasteiger partial charge on any atom is -0.497 e. The zero-order valence-corrected chi connectivity index (χ0v) is 12.0. The molecule has 0 aliphatic heterocycles. The van der Waals surface area contributed by atoms with Crippen LogP contribution in [-0.4, -0.2) is 36.8 Å². The second kappa shape index (κ2) is 6.50. The van der Waals surface area contributed by atoms with E-state index in [1.54, 1.807) is 5.92 Å². The Morgan fingerprint density at radius 1 is 0.880 bits per heavy atom. The number of methoxy groups -OCH3 is 1. The highest BCUT2D eigenvalue weighted by Gasteiger charge is 2.83. The van der Waals surface area contributed by atoms with E-state index in [1.165, 1.54) is 19.2 Å². The first-order chi connectivity index (χ1) is 11.2. The zero-order valence-electron chi connectivity index (χ0n) is 12.0. The van der Waals surface area contributed by atoms with Crippen LogP contribution in [0.3, 0.4) is 0 Å². The molecule has 0 radical (unpaired) electrons. The molecule has 0 aliphatic carbocycles. The summed E-state index contributed by atoms with van der Waals surface area (Å²) in [5.74, 6) is -20.7. The summed E-state index contributed by atoms with van der Waals surface area (Å²) >= 11 is 0. The molecule has 2 nitrogen and oxygen atoms in total. The Morgan fingerprint density at radius 3 is 1.76 bits per heavy atom. The quantitative estimate of drug-likeness (QED) is 0.583. The molecule has 0 spiro atoms. The molecule has 1 rings (SSSR count). The average Bonchev–Trinajstić information content (AvgIpc) is 2.51. The van der Waals surface area contributed by atoms with Crippen molar-refractivity contribution in [3.8, 4) is 17.6 Å². The van der Waals surface area contributed by atoms with E-state index in [-0.39, 0.29) is 5.56 Å². The Bertz CT molecular complexity index is 694. The molecule has 138 valence electrons. The maximum atomic E-state index is 13.2. The molecule has 0 atom stereocenters. The smallest absolute Gasteiger partial charge is 0.460 e. The van der Waals surface area contributed by atoms with Crippen LogP contribution in [0.15, 0.2) is 24.3 Å².